The Balaban J connectivity index is 2.64. The van der Waals surface area contributed by atoms with Gasteiger partial charge in [-0.25, -0.2) is 0 Å². The van der Waals surface area contributed by atoms with Crippen LogP contribution < -0.4 is 4.72 Å². The molecule has 1 N–H and O–H groups in total. The summed E-state index contributed by atoms with van der Waals surface area (Å²) in [7, 11) is 0. The summed E-state index contributed by atoms with van der Waals surface area (Å²) in [6.45, 7) is 9.48. The highest BCUT2D eigenvalue weighted by Crippen LogP contribution is 2.31. The van der Waals surface area contributed by atoms with E-state index in [1.165, 1.54) is 11.9 Å². The second-order valence-corrected chi connectivity index (χ2v) is 7.28. The second-order valence-electron chi connectivity index (χ2n) is 6.58. The summed E-state index contributed by atoms with van der Waals surface area (Å²) < 4.78 is 10.2. The van der Waals surface area contributed by atoms with Gasteiger partial charge in [0, 0.05) is 26.2 Å². The third-order valence-electron chi connectivity index (χ3n) is 3.98. The first-order valence-corrected chi connectivity index (χ1v) is 8.79. The zero-order chi connectivity index (χ0) is 16.8. The molecule has 1 heterocycles. The predicted octanol–water partition coefficient (Wildman–Crippen LogP) is 1.60. The molecule has 6 heteroatoms. The summed E-state index contributed by atoms with van der Waals surface area (Å²) >= 11 is 1.45. The molecule has 1 aliphatic rings. The van der Waals surface area contributed by atoms with Crippen LogP contribution in [0.25, 0.3) is 0 Å². The third-order valence-corrected chi connectivity index (χ3v) is 4.41. The van der Waals surface area contributed by atoms with Crippen molar-refractivity contribution in [2.75, 3.05) is 39.0 Å². The minimum atomic E-state index is -0.596. The Morgan fingerprint density at radius 3 is 2.62 bits per heavy atom. The number of carbonyl (C=O) groups excluding carboxylic acids is 2. The number of likely N-dealkylation sites (tertiary alicyclic amines) is 1. The van der Waals surface area contributed by atoms with Crippen molar-refractivity contribution >= 4 is 24.2 Å². The Morgan fingerprint density at radius 2 is 2.14 bits per heavy atom. The maximum atomic E-state index is 12.4. The first-order chi connectivity index (χ1) is 10.3. The summed E-state index contributed by atoms with van der Waals surface area (Å²) in [5, 5.41) is 0. The normalized spacial score (nSPS) is 18.5. The minimum Gasteiger partial charge on any atom is -0.345 e. The highest BCUT2D eigenvalue weighted by Gasteiger charge is 2.33. The molecule has 0 aromatic carbocycles. The smallest absolute Gasteiger partial charge is 0.237 e. The number of piperidine rings is 1. The maximum absolute atomic E-state index is 12.4. The van der Waals surface area contributed by atoms with Crippen molar-refractivity contribution in [3.63, 3.8) is 0 Å². The first-order valence-electron chi connectivity index (χ1n) is 8.06. The number of carbonyl (C=O) groups is 2. The topological polar surface area (TPSA) is 52.7 Å². The fourth-order valence-corrected chi connectivity index (χ4v) is 2.97. The first kappa shape index (κ1) is 16.6. The summed E-state index contributed by atoms with van der Waals surface area (Å²) in [5.41, 5.74) is 0.0237. The molecule has 5 nitrogen and oxygen atoms in total. The molecule has 21 heavy (non-hydrogen) atoms. The Bertz CT molecular complexity index is 385. The summed E-state index contributed by atoms with van der Waals surface area (Å²) in [6, 6.07) is 0. The van der Waals surface area contributed by atoms with Gasteiger partial charge in [0.1, 0.15) is 1.37 Å². The molecular weight excluding hydrogens is 286 g/mol. The lowest BCUT2D eigenvalue weighted by Gasteiger charge is -2.41. The Hall–Kier alpha value is -0.750. The van der Waals surface area contributed by atoms with E-state index in [0.29, 0.717) is 25.6 Å². The van der Waals surface area contributed by atoms with E-state index in [4.69, 9.17) is 1.37 Å². The van der Waals surface area contributed by atoms with Gasteiger partial charge >= 0.3 is 0 Å². The molecule has 0 aromatic heterocycles. The average molecular weight is 317 g/mol. The van der Waals surface area contributed by atoms with E-state index in [2.05, 4.69) is 25.5 Å². The van der Waals surface area contributed by atoms with Gasteiger partial charge in [-0.05, 0) is 30.4 Å². The molecule has 122 valence electrons. The van der Waals surface area contributed by atoms with Crippen molar-refractivity contribution in [1.29, 1.82) is 0 Å². The second kappa shape index (κ2) is 8.63. The van der Waals surface area contributed by atoms with Crippen molar-refractivity contribution in [1.82, 2.24) is 14.5 Å². The largest absolute Gasteiger partial charge is 0.345 e. The summed E-state index contributed by atoms with van der Waals surface area (Å²) in [4.78, 5) is 27.0. The monoisotopic (exact) mass is 317 g/mol. The van der Waals surface area contributed by atoms with Gasteiger partial charge in [0.2, 0.25) is 12.3 Å². The number of hydrogen-bond donors (Lipinski definition) is 1. The van der Waals surface area contributed by atoms with Crippen LogP contribution >= 0.6 is 11.9 Å². The van der Waals surface area contributed by atoms with Crippen molar-refractivity contribution < 1.29 is 11.0 Å². The van der Waals surface area contributed by atoms with Crippen molar-refractivity contribution in [2.45, 2.75) is 33.6 Å². The molecule has 1 aliphatic heterocycles. The van der Waals surface area contributed by atoms with Gasteiger partial charge < -0.3 is 9.80 Å². The van der Waals surface area contributed by atoms with E-state index in [-0.39, 0.29) is 11.3 Å². The van der Waals surface area contributed by atoms with Crippen LogP contribution in [0.5, 0.6) is 0 Å². The van der Waals surface area contributed by atoms with Gasteiger partial charge in [-0.15, -0.1) is 0 Å². The lowest BCUT2D eigenvalue weighted by Crippen LogP contribution is -2.48. The maximum Gasteiger partial charge on any atom is 0.237 e. The Labute approximate surface area is 134 Å². The summed E-state index contributed by atoms with van der Waals surface area (Å²) in [5.74, 6) is 0.556. The average Bonchev–Trinajstić information content (AvgIpc) is 2.43. The van der Waals surface area contributed by atoms with Crippen LogP contribution in [0.2, 0.25) is 0 Å². The van der Waals surface area contributed by atoms with Gasteiger partial charge in [-0.1, -0.05) is 32.7 Å². The van der Waals surface area contributed by atoms with Gasteiger partial charge in [0.15, 0.2) is 0 Å². The molecular formula is C15H29N3O2S. The highest BCUT2D eigenvalue weighted by molar-refractivity contribution is 7.96. The van der Waals surface area contributed by atoms with Gasteiger partial charge in [0.25, 0.3) is 0 Å². The number of nitrogens with zero attached hydrogens (tertiary/aromatic N) is 2. The van der Waals surface area contributed by atoms with Crippen LogP contribution in [-0.2, 0) is 9.59 Å². The highest BCUT2D eigenvalue weighted by atomic mass is 32.2. The van der Waals surface area contributed by atoms with E-state index in [1.54, 1.807) is 4.90 Å². The molecule has 1 rings (SSSR count). The van der Waals surface area contributed by atoms with E-state index in [0.717, 1.165) is 25.9 Å². The molecule has 0 spiro atoms. The van der Waals surface area contributed by atoms with Crippen LogP contribution in [-0.4, -0.2) is 61.1 Å². The van der Waals surface area contributed by atoms with E-state index < -0.39 is 6.39 Å². The molecule has 1 fully saturated rings. The molecule has 0 aromatic rings. The zero-order valence-electron chi connectivity index (χ0n) is 14.6. The van der Waals surface area contributed by atoms with Gasteiger partial charge in [-0.2, -0.15) is 0 Å². The molecule has 0 aliphatic carbocycles. The number of rotatable bonds is 7. The van der Waals surface area contributed by atoms with E-state index >= 15 is 0 Å². The molecule has 0 atom stereocenters. The van der Waals surface area contributed by atoms with Crippen molar-refractivity contribution in [3.8, 4) is 0 Å². The van der Waals surface area contributed by atoms with Crippen LogP contribution in [0, 0.1) is 11.3 Å². The Kier molecular flexibility index (Phi) is 6.83. The molecule has 0 radical (unpaired) electrons. The molecule has 0 saturated carbocycles. The fourth-order valence-electron chi connectivity index (χ4n) is 2.70. The van der Waals surface area contributed by atoms with Gasteiger partial charge in [-0.3, -0.25) is 14.3 Å². The van der Waals surface area contributed by atoms with Crippen LogP contribution in [0.4, 0.5) is 0 Å². The molecule has 2 amide bonds. The third kappa shape index (κ3) is 6.26. The van der Waals surface area contributed by atoms with Crippen LogP contribution in [0.15, 0.2) is 0 Å². The quantitative estimate of drug-likeness (QED) is 0.572. The standard InChI is InChI=1S/C15H29N3O2S/c1-13(2)10-18(14(20)9-16-21-4)11-15(3)5-7-17(12-19)8-6-15/h12-13,16H,5-11H2,1-4H3/i12T. The van der Waals surface area contributed by atoms with Gasteiger partial charge in [0.05, 0.1) is 6.54 Å². The van der Waals surface area contributed by atoms with Crippen LogP contribution in [0.3, 0.4) is 0 Å². The molecule has 1 saturated heterocycles. The van der Waals surface area contributed by atoms with Crippen molar-refractivity contribution in [2.24, 2.45) is 11.3 Å². The van der Waals surface area contributed by atoms with E-state index in [1.807, 2.05) is 11.2 Å². The lowest BCUT2D eigenvalue weighted by atomic mass is 9.80. The predicted molar refractivity (Wildman–Crippen MR) is 87.9 cm³/mol. The fraction of sp³-hybridized carbons (Fsp3) is 0.867. The lowest BCUT2D eigenvalue weighted by molar-refractivity contribution is -0.133. The molecule has 0 unspecified atom stereocenters. The zero-order valence-corrected chi connectivity index (χ0v) is 14.5. The van der Waals surface area contributed by atoms with Crippen molar-refractivity contribution in [3.05, 3.63) is 0 Å². The minimum absolute atomic E-state index is 0.0237. The molecule has 0 bridgehead atoms. The number of amides is 2. The summed E-state index contributed by atoms with van der Waals surface area (Å²) in [6.07, 6.45) is 3.00. The number of hydrogen-bond acceptors (Lipinski definition) is 4. The van der Waals surface area contributed by atoms with Crippen LogP contribution in [0.1, 0.15) is 35.0 Å². The Morgan fingerprint density at radius 1 is 1.52 bits per heavy atom. The number of nitrogens with one attached hydrogen (secondary N) is 1. The SMILES string of the molecule is [3H]C(=O)N1CCC(C)(CN(CC(C)C)C(=O)CNSC)CC1. The van der Waals surface area contributed by atoms with E-state index in [9.17, 15) is 9.59 Å².